The van der Waals surface area contributed by atoms with Gasteiger partial charge in [-0.1, -0.05) is 30.3 Å². The average molecular weight is 154 g/mol. The summed E-state index contributed by atoms with van der Waals surface area (Å²) in [4.78, 5) is 10.0. The van der Waals surface area contributed by atoms with Gasteiger partial charge in [0.15, 0.2) is 0 Å². The Balaban J connectivity index is -0.0000000800. The molecule has 0 fully saturated rings. The van der Waals surface area contributed by atoms with Crippen LogP contribution < -0.4 is 59.1 Å². The van der Waals surface area contributed by atoms with Crippen LogP contribution in [0, 0.1) is 0 Å². The fraction of sp³-hybridized carbons (Fsp3) is 0. The molecular formula is C7H8Na2O. The molecule has 0 N–H and O–H groups in total. The van der Waals surface area contributed by atoms with Gasteiger partial charge in [-0.15, -0.1) is 0 Å². The van der Waals surface area contributed by atoms with Crippen LogP contribution in [0.3, 0.4) is 0 Å². The van der Waals surface area contributed by atoms with Crippen molar-refractivity contribution in [3.8, 4) is 0 Å². The quantitative estimate of drug-likeness (QED) is 0.296. The maximum absolute atomic E-state index is 10.0. The summed E-state index contributed by atoms with van der Waals surface area (Å²) in [5.74, 6) is 0. The van der Waals surface area contributed by atoms with Crippen molar-refractivity contribution < 1.29 is 66.8 Å². The van der Waals surface area contributed by atoms with E-state index in [1.807, 2.05) is 18.2 Å². The van der Waals surface area contributed by atoms with E-state index < -0.39 is 0 Å². The molecular weight excluding hydrogens is 146 g/mol. The third kappa shape index (κ3) is 4.67. The smallest absolute Gasteiger partial charge is 1.00 e. The van der Waals surface area contributed by atoms with Gasteiger partial charge in [0, 0.05) is 5.56 Å². The number of carbonyl (C=O) groups is 1. The number of hydrogen-bond donors (Lipinski definition) is 0. The monoisotopic (exact) mass is 154 g/mol. The first-order valence-corrected chi connectivity index (χ1v) is 2.44. The molecule has 0 saturated carbocycles. The van der Waals surface area contributed by atoms with Gasteiger partial charge < -0.3 is 2.85 Å². The Labute approximate surface area is 108 Å². The van der Waals surface area contributed by atoms with Crippen LogP contribution in [0.5, 0.6) is 0 Å². The predicted octanol–water partition coefficient (Wildman–Crippen LogP) is -4.27. The largest absolute Gasteiger partial charge is 1.00 e. The van der Waals surface area contributed by atoms with Crippen molar-refractivity contribution in [2.75, 3.05) is 0 Å². The molecule has 0 aliphatic rings. The van der Waals surface area contributed by atoms with E-state index >= 15 is 0 Å². The minimum atomic E-state index is 0. The topological polar surface area (TPSA) is 17.1 Å². The fourth-order valence-electron chi connectivity index (χ4n) is 0.532. The molecule has 1 nitrogen and oxygen atoms in total. The van der Waals surface area contributed by atoms with E-state index in [4.69, 9.17) is 0 Å². The maximum atomic E-state index is 10.0. The molecule has 0 heterocycles. The summed E-state index contributed by atoms with van der Waals surface area (Å²) in [5.41, 5.74) is 0.729. The summed E-state index contributed by atoms with van der Waals surface area (Å²) < 4.78 is 0. The fourth-order valence-corrected chi connectivity index (χ4v) is 0.532. The molecule has 1 aromatic carbocycles. The molecule has 0 aliphatic carbocycles. The van der Waals surface area contributed by atoms with Gasteiger partial charge in [0.1, 0.15) is 6.29 Å². The van der Waals surface area contributed by atoms with Crippen LogP contribution in [0.2, 0.25) is 0 Å². The van der Waals surface area contributed by atoms with Gasteiger partial charge in [-0.3, -0.25) is 4.79 Å². The number of rotatable bonds is 1. The number of carbonyl (C=O) groups excluding carboxylic acids is 1. The van der Waals surface area contributed by atoms with Crippen molar-refractivity contribution in [3.05, 3.63) is 35.9 Å². The maximum Gasteiger partial charge on any atom is 1.00 e. The van der Waals surface area contributed by atoms with Crippen LogP contribution >= 0.6 is 0 Å². The number of benzene rings is 1. The molecule has 0 aliphatic heterocycles. The van der Waals surface area contributed by atoms with Crippen molar-refractivity contribution in [1.29, 1.82) is 0 Å². The molecule has 0 unspecified atom stereocenters. The van der Waals surface area contributed by atoms with E-state index in [9.17, 15) is 4.79 Å². The molecule has 1 rings (SSSR count). The van der Waals surface area contributed by atoms with Gasteiger partial charge in [0.05, 0.1) is 0 Å². The normalized spacial score (nSPS) is 6.80. The Morgan fingerprint density at radius 2 is 1.60 bits per heavy atom. The molecule has 0 saturated heterocycles. The second kappa shape index (κ2) is 7.99. The zero-order chi connectivity index (χ0) is 5.82. The second-order valence-corrected chi connectivity index (χ2v) is 1.53. The summed E-state index contributed by atoms with van der Waals surface area (Å²) >= 11 is 0. The SMILES string of the molecule is O=Cc1ccccc1.[H-].[H-].[Na+].[Na+]. The first-order chi connectivity index (χ1) is 3.93. The zero-order valence-corrected chi connectivity index (χ0v) is 10.4. The summed E-state index contributed by atoms with van der Waals surface area (Å²) in [6.07, 6.45) is 0.833. The van der Waals surface area contributed by atoms with Gasteiger partial charge in [-0.2, -0.15) is 0 Å². The predicted molar refractivity (Wildman–Crippen MR) is 34.1 cm³/mol. The Hall–Kier alpha value is 0.890. The van der Waals surface area contributed by atoms with Gasteiger partial charge >= 0.3 is 59.1 Å². The third-order valence-corrected chi connectivity index (χ3v) is 0.936. The standard InChI is InChI=1S/C7H6O.2Na.2H/c8-6-7-4-2-1-3-5-7;;;;/h1-6H;;;;/q;2*+1;2*-1. The zero-order valence-electron chi connectivity index (χ0n) is 8.37. The van der Waals surface area contributed by atoms with Crippen molar-refractivity contribution in [1.82, 2.24) is 0 Å². The Morgan fingerprint density at radius 1 is 1.10 bits per heavy atom. The second-order valence-electron chi connectivity index (χ2n) is 1.53. The van der Waals surface area contributed by atoms with E-state index in [1.54, 1.807) is 12.1 Å². The first-order valence-electron chi connectivity index (χ1n) is 2.44. The average Bonchev–Trinajstić information content (AvgIpc) is 1.90. The third-order valence-electron chi connectivity index (χ3n) is 0.936. The molecule has 0 bridgehead atoms. The molecule has 0 spiro atoms. The van der Waals surface area contributed by atoms with E-state index in [2.05, 4.69) is 0 Å². The van der Waals surface area contributed by atoms with Crippen molar-refractivity contribution in [3.63, 3.8) is 0 Å². The van der Waals surface area contributed by atoms with Crippen molar-refractivity contribution in [2.45, 2.75) is 0 Å². The number of hydrogen-bond acceptors (Lipinski definition) is 1. The molecule has 1 aromatic rings. The van der Waals surface area contributed by atoms with Crippen LogP contribution in [-0.2, 0) is 0 Å². The van der Waals surface area contributed by atoms with Gasteiger partial charge in [0.25, 0.3) is 0 Å². The molecule has 3 heteroatoms. The molecule has 0 aromatic heterocycles. The van der Waals surface area contributed by atoms with Crippen LogP contribution in [0.25, 0.3) is 0 Å². The summed E-state index contributed by atoms with van der Waals surface area (Å²) in [5, 5.41) is 0. The van der Waals surface area contributed by atoms with Crippen molar-refractivity contribution in [2.24, 2.45) is 0 Å². The van der Waals surface area contributed by atoms with Crippen LogP contribution in [0.1, 0.15) is 13.2 Å². The summed E-state index contributed by atoms with van der Waals surface area (Å²) in [7, 11) is 0. The molecule has 0 atom stereocenters. The summed E-state index contributed by atoms with van der Waals surface area (Å²) in [6, 6.07) is 9.10. The number of aldehydes is 1. The van der Waals surface area contributed by atoms with Crippen LogP contribution in [0.4, 0.5) is 0 Å². The van der Waals surface area contributed by atoms with Gasteiger partial charge in [-0.25, -0.2) is 0 Å². The Kier molecular flexibility index (Phi) is 10.8. The molecule has 44 valence electrons. The first kappa shape index (κ1) is 13.5. The molecule has 10 heavy (non-hydrogen) atoms. The van der Waals surface area contributed by atoms with Crippen LogP contribution in [-0.4, -0.2) is 6.29 Å². The molecule has 0 radical (unpaired) electrons. The minimum Gasteiger partial charge on any atom is -1.00 e. The van der Waals surface area contributed by atoms with Crippen LogP contribution in [0.15, 0.2) is 30.3 Å². The van der Waals surface area contributed by atoms with Gasteiger partial charge in [-0.05, 0) is 0 Å². The Bertz CT molecular complexity index is 182. The van der Waals surface area contributed by atoms with E-state index in [-0.39, 0.29) is 62.0 Å². The molecule has 0 amide bonds. The van der Waals surface area contributed by atoms with Gasteiger partial charge in [0.2, 0.25) is 0 Å². The Morgan fingerprint density at radius 3 is 1.90 bits per heavy atom. The minimum absolute atomic E-state index is 0. The summed E-state index contributed by atoms with van der Waals surface area (Å²) in [6.45, 7) is 0. The van der Waals surface area contributed by atoms with E-state index in [1.165, 1.54) is 0 Å². The van der Waals surface area contributed by atoms with Crippen molar-refractivity contribution >= 4 is 6.29 Å². The van der Waals surface area contributed by atoms with E-state index in [0.717, 1.165) is 11.8 Å². The van der Waals surface area contributed by atoms with E-state index in [0.29, 0.717) is 0 Å².